The lowest BCUT2D eigenvalue weighted by Gasteiger charge is -2.45. The molecule has 8 nitrogen and oxygen atoms in total. The number of ketones is 1. The summed E-state index contributed by atoms with van der Waals surface area (Å²) in [4.78, 5) is 46.7. The first kappa shape index (κ1) is 28.2. The van der Waals surface area contributed by atoms with E-state index in [1.807, 2.05) is 30.9 Å². The van der Waals surface area contributed by atoms with E-state index in [2.05, 4.69) is 18.8 Å². The number of aryl methyl sites for hydroxylation is 1. The van der Waals surface area contributed by atoms with Crippen molar-refractivity contribution < 1.29 is 29.0 Å². The molecule has 4 aliphatic rings. The van der Waals surface area contributed by atoms with Crippen LogP contribution in [0.3, 0.4) is 0 Å². The summed E-state index contributed by atoms with van der Waals surface area (Å²) in [6, 6.07) is 7.25. The Morgan fingerprint density at radius 3 is 2.48 bits per heavy atom. The number of hydrogen-bond acceptors (Lipinski definition) is 6. The van der Waals surface area contributed by atoms with Gasteiger partial charge in [-0.25, -0.2) is 9.78 Å². The fourth-order valence-electron chi connectivity index (χ4n) is 7.22. The second kappa shape index (κ2) is 10.1. The van der Waals surface area contributed by atoms with Crippen LogP contribution in [-0.2, 0) is 14.3 Å². The van der Waals surface area contributed by atoms with Gasteiger partial charge in [0.1, 0.15) is 17.3 Å². The van der Waals surface area contributed by atoms with Gasteiger partial charge in [0.25, 0.3) is 5.91 Å². The van der Waals surface area contributed by atoms with Gasteiger partial charge in [-0.1, -0.05) is 19.9 Å². The molecule has 2 aliphatic carbocycles. The van der Waals surface area contributed by atoms with Crippen LogP contribution >= 0.6 is 0 Å². The number of methoxy groups -OCH3 is 1. The quantitative estimate of drug-likeness (QED) is 0.446. The standard InChI is InChI=1S/C34H38N2O6/c1-7-36-22(17(2)3)14-25-29(32(36)38)30(28-23(37)15-34(12-13-34)16-26(28)42-25)27-19(5)20(9-11-24(27)41-6)21-10-8-18(4)31(35-21)33(39)40/h8-11,17,22,30H,7,12-16H2,1-6H3,(H,39,40)/t22-,30-/m0/s1. The van der Waals surface area contributed by atoms with E-state index in [-0.39, 0.29) is 34.8 Å². The van der Waals surface area contributed by atoms with Crippen molar-refractivity contribution >= 4 is 17.7 Å². The van der Waals surface area contributed by atoms with E-state index in [4.69, 9.17) is 9.47 Å². The molecule has 1 spiro atoms. The number of allylic oxidation sites excluding steroid dienone is 2. The number of carbonyl (C=O) groups excluding carboxylic acids is 2. The maximum atomic E-state index is 14.4. The molecule has 0 radical (unpaired) electrons. The van der Waals surface area contributed by atoms with Crippen LogP contribution < -0.4 is 4.74 Å². The normalized spacial score (nSPS) is 22.8. The van der Waals surface area contributed by atoms with Gasteiger partial charge in [-0.05, 0) is 74.3 Å². The van der Waals surface area contributed by atoms with Crippen LogP contribution in [0.25, 0.3) is 11.3 Å². The number of hydrogen-bond donors (Lipinski definition) is 1. The van der Waals surface area contributed by atoms with Crippen molar-refractivity contribution in [3.8, 4) is 17.0 Å². The van der Waals surface area contributed by atoms with Crippen LogP contribution in [0.4, 0.5) is 0 Å². The molecule has 220 valence electrons. The van der Waals surface area contributed by atoms with E-state index in [0.717, 1.165) is 29.5 Å². The van der Waals surface area contributed by atoms with Crippen LogP contribution in [-0.4, -0.2) is 52.3 Å². The van der Waals surface area contributed by atoms with E-state index < -0.39 is 11.9 Å². The van der Waals surface area contributed by atoms with Gasteiger partial charge in [-0.15, -0.1) is 0 Å². The second-order valence-corrected chi connectivity index (χ2v) is 12.6. The Hall–Kier alpha value is -3.94. The Labute approximate surface area is 246 Å². The predicted molar refractivity (Wildman–Crippen MR) is 157 cm³/mol. The number of rotatable bonds is 6. The Bertz CT molecular complexity index is 1600. The highest BCUT2D eigenvalue weighted by Gasteiger charge is 2.55. The highest BCUT2D eigenvalue weighted by molar-refractivity contribution is 6.06. The molecule has 2 aromatic rings. The van der Waals surface area contributed by atoms with Crippen molar-refractivity contribution in [3.63, 3.8) is 0 Å². The second-order valence-electron chi connectivity index (χ2n) is 12.6. The molecule has 1 aromatic heterocycles. The molecule has 0 bridgehead atoms. The summed E-state index contributed by atoms with van der Waals surface area (Å²) in [5.41, 5.74) is 4.34. The zero-order chi connectivity index (χ0) is 30.1. The number of aromatic carboxylic acids is 1. The minimum atomic E-state index is -1.09. The zero-order valence-corrected chi connectivity index (χ0v) is 25.2. The lowest BCUT2D eigenvalue weighted by Crippen LogP contribution is -2.50. The molecule has 42 heavy (non-hydrogen) atoms. The lowest BCUT2D eigenvalue weighted by atomic mass is 9.70. The molecule has 1 saturated carbocycles. The topological polar surface area (TPSA) is 106 Å². The Morgan fingerprint density at radius 2 is 1.86 bits per heavy atom. The SMILES string of the molecule is CCN1C(=O)C2=C(C[C@H]1C(C)C)OC1=C(C(=O)CC3(CC3)C1)[C@@H]2c1c(OC)ccc(-c2ccc(C)c(C(=O)O)n2)c1C. The number of aromatic nitrogens is 1. The summed E-state index contributed by atoms with van der Waals surface area (Å²) < 4.78 is 12.5. The third-order valence-corrected chi connectivity index (χ3v) is 9.71. The van der Waals surface area contributed by atoms with Gasteiger partial charge in [0.05, 0.1) is 24.3 Å². The average Bonchev–Trinajstić information content (AvgIpc) is 3.69. The zero-order valence-electron chi connectivity index (χ0n) is 25.2. The molecule has 6 rings (SSSR count). The van der Waals surface area contributed by atoms with E-state index in [0.29, 0.717) is 65.5 Å². The molecule has 0 saturated heterocycles. The van der Waals surface area contributed by atoms with Crippen LogP contribution in [0.2, 0.25) is 0 Å². The number of carbonyl (C=O) groups is 3. The molecule has 1 fully saturated rings. The molecular weight excluding hydrogens is 532 g/mol. The van der Waals surface area contributed by atoms with Gasteiger partial charge < -0.3 is 19.5 Å². The molecule has 3 heterocycles. The number of likely N-dealkylation sites (N-methyl/N-ethyl adjacent to an activating group) is 1. The number of ether oxygens (including phenoxy) is 2. The van der Waals surface area contributed by atoms with Crippen LogP contribution in [0.1, 0.15) is 86.0 Å². The maximum Gasteiger partial charge on any atom is 0.354 e. The number of carboxylic acids is 1. The minimum absolute atomic E-state index is 0.00116. The maximum absolute atomic E-state index is 14.4. The summed E-state index contributed by atoms with van der Waals surface area (Å²) in [5.74, 6) is 0.326. The van der Waals surface area contributed by atoms with E-state index in [9.17, 15) is 19.5 Å². The fraction of sp³-hybridized carbons (Fsp3) is 0.471. The van der Waals surface area contributed by atoms with Crippen LogP contribution in [0.15, 0.2) is 46.9 Å². The first-order chi connectivity index (χ1) is 20.0. The van der Waals surface area contributed by atoms with Crippen molar-refractivity contribution in [2.45, 2.75) is 78.7 Å². The summed E-state index contributed by atoms with van der Waals surface area (Å²) in [6.45, 7) is 10.4. The van der Waals surface area contributed by atoms with Gasteiger partial charge in [0.15, 0.2) is 11.5 Å². The Morgan fingerprint density at radius 1 is 1.12 bits per heavy atom. The highest BCUT2D eigenvalue weighted by Crippen LogP contribution is 2.61. The number of benzene rings is 1. The van der Waals surface area contributed by atoms with Crippen molar-refractivity contribution in [1.82, 2.24) is 9.88 Å². The Balaban J connectivity index is 1.60. The third kappa shape index (κ3) is 4.34. The van der Waals surface area contributed by atoms with Crippen molar-refractivity contribution in [2.24, 2.45) is 11.3 Å². The molecule has 1 aromatic carbocycles. The van der Waals surface area contributed by atoms with Crippen LogP contribution in [0.5, 0.6) is 5.75 Å². The average molecular weight is 571 g/mol. The molecule has 2 atom stereocenters. The molecule has 1 amide bonds. The van der Waals surface area contributed by atoms with Crippen molar-refractivity contribution in [3.05, 3.63) is 69.3 Å². The molecule has 2 aliphatic heterocycles. The third-order valence-electron chi connectivity index (χ3n) is 9.71. The van der Waals surface area contributed by atoms with Gasteiger partial charge in [-0.3, -0.25) is 9.59 Å². The van der Waals surface area contributed by atoms with Gasteiger partial charge in [-0.2, -0.15) is 0 Å². The predicted octanol–water partition coefficient (Wildman–Crippen LogP) is 6.11. The number of carboxylic acid groups (broad SMARTS) is 1. The minimum Gasteiger partial charge on any atom is -0.496 e. The number of pyridine rings is 1. The summed E-state index contributed by atoms with van der Waals surface area (Å²) >= 11 is 0. The summed E-state index contributed by atoms with van der Waals surface area (Å²) in [5, 5.41) is 9.73. The fourth-order valence-corrected chi connectivity index (χ4v) is 7.22. The first-order valence-electron chi connectivity index (χ1n) is 14.9. The number of amides is 1. The molecule has 8 heteroatoms. The lowest BCUT2D eigenvalue weighted by molar-refractivity contribution is -0.132. The van der Waals surface area contributed by atoms with Gasteiger partial charge in [0, 0.05) is 48.5 Å². The van der Waals surface area contributed by atoms with E-state index in [1.54, 1.807) is 26.2 Å². The van der Waals surface area contributed by atoms with Gasteiger partial charge >= 0.3 is 5.97 Å². The molecule has 0 unspecified atom stereocenters. The summed E-state index contributed by atoms with van der Waals surface area (Å²) in [6.07, 6.45) is 3.76. The van der Waals surface area contributed by atoms with E-state index >= 15 is 0 Å². The highest BCUT2D eigenvalue weighted by atomic mass is 16.5. The summed E-state index contributed by atoms with van der Waals surface area (Å²) in [7, 11) is 1.59. The molecular formula is C34H38N2O6. The van der Waals surface area contributed by atoms with Crippen LogP contribution in [0, 0.1) is 25.2 Å². The van der Waals surface area contributed by atoms with Crippen molar-refractivity contribution in [2.75, 3.05) is 13.7 Å². The van der Waals surface area contributed by atoms with Crippen molar-refractivity contribution in [1.29, 1.82) is 0 Å². The Kier molecular flexibility index (Phi) is 6.78. The number of nitrogens with zero attached hydrogens (tertiary/aromatic N) is 2. The van der Waals surface area contributed by atoms with Gasteiger partial charge in [0.2, 0.25) is 0 Å². The molecule has 1 N–H and O–H groups in total. The largest absolute Gasteiger partial charge is 0.496 e. The number of Topliss-reactive ketones (excluding diaryl/α,β-unsaturated/α-hetero) is 1. The first-order valence-corrected chi connectivity index (χ1v) is 14.9. The smallest absolute Gasteiger partial charge is 0.354 e. The monoisotopic (exact) mass is 570 g/mol. The van der Waals surface area contributed by atoms with E-state index in [1.165, 1.54) is 0 Å².